The van der Waals surface area contributed by atoms with Crippen LogP contribution < -0.4 is 5.32 Å². The van der Waals surface area contributed by atoms with Crippen molar-refractivity contribution in [2.75, 3.05) is 72.0 Å². The van der Waals surface area contributed by atoms with Gasteiger partial charge in [-0.05, 0) is 45.2 Å². The number of piperazine rings is 1. The monoisotopic (exact) mass is 429 g/mol. The molecule has 8 nitrogen and oxygen atoms in total. The Kier molecular flexibility index (Phi) is 8.73. The summed E-state index contributed by atoms with van der Waals surface area (Å²) in [5.41, 5.74) is 0. The van der Waals surface area contributed by atoms with Crippen LogP contribution in [0.4, 0.5) is 0 Å². The van der Waals surface area contributed by atoms with E-state index in [0.29, 0.717) is 45.6 Å². The van der Waals surface area contributed by atoms with Gasteiger partial charge in [0, 0.05) is 64.8 Å². The second kappa shape index (κ2) is 11.0. The molecular weight excluding hydrogens is 390 g/mol. The number of carbonyl (C=O) groups is 1. The Labute approximate surface area is 176 Å². The van der Waals surface area contributed by atoms with E-state index in [1.54, 1.807) is 8.61 Å². The quantitative estimate of drug-likeness (QED) is 0.571. The summed E-state index contributed by atoms with van der Waals surface area (Å²) in [6.45, 7) is 11.8. The summed E-state index contributed by atoms with van der Waals surface area (Å²) in [6, 6.07) is 0. The van der Waals surface area contributed by atoms with Crippen molar-refractivity contribution in [3.05, 3.63) is 0 Å². The van der Waals surface area contributed by atoms with Crippen molar-refractivity contribution in [3.8, 4) is 0 Å². The number of amides is 1. The molecule has 0 atom stereocenters. The van der Waals surface area contributed by atoms with Gasteiger partial charge < -0.3 is 15.1 Å². The summed E-state index contributed by atoms with van der Waals surface area (Å²) in [7, 11) is -3.35. The molecule has 0 spiro atoms. The van der Waals surface area contributed by atoms with Gasteiger partial charge in [0.05, 0.1) is 0 Å². The first-order valence-electron chi connectivity index (χ1n) is 11.5. The van der Waals surface area contributed by atoms with E-state index >= 15 is 0 Å². The molecule has 3 rings (SSSR count). The van der Waals surface area contributed by atoms with Crippen LogP contribution in [0.1, 0.15) is 45.4 Å². The lowest BCUT2D eigenvalue weighted by Crippen LogP contribution is -2.50. The van der Waals surface area contributed by atoms with E-state index < -0.39 is 10.2 Å². The van der Waals surface area contributed by atoms with Gasteiger partial charge in [-0.25, -0.2) is 0 Å². The smallest absolute Gasteiger partial charge is 0.281 e. The molecule has 0 bridgehead atoms. The third-order valence-electron chi connectivity index (χ3n) is 6.65. The fourth-order valence-corrected chi connectivity index (χ4v) is 6.31. The van der Waals surface area contributed by atoms with Gasteiger partial charge in [0.1, 0.15) is 0 Å². The van der Waals surface area contributed by atoms with Crippen LogP contribution in [0.2, 0.25) is 0 Å². The summed E-state index contributed by atoms with van der Waals surface area (Å²) in [4.78, 5) is 17.4. The summed E-state index contributed by atoms with van der Waals surface area (Å²) in [5.74, 6) is 0.0340. The van der Waals surface area contributed by atoms with Crippen molar-refractivity contribution in [2.24, 2.45) is 5.92 Å². The lowest BCUT2D eigenvalue weighted by atomic mass is 9.97. The molecule has 0 aromatic carbocycles. The summed E-state index contributed by atoms with van der Waals surface area (Å²) in [6.07, 6.45) is 5.23. The highest BCUT2D eigenvalue weighted by atomic mass is 32.2. The third kappa shape index (κ3) is 6.37. The maximum atomic E-state index is 12.8. The first kappa shape index (κ1) is 22.9. The Morgan fingerprint density at radius 1 is 0.862 bits per heavy atom. The molecule has 168 valence electrons. The first-order valence-corrected chi connectivity index (χ1v) is 12.9. The van der Waals surface area contributed by atoms with Crippen LogP contribution in [0, 0.1) is 5.92 Å². The average molecular weight is 430 g/mol. The molecule has 0 unspecified atom stereocenters. The van der Waals surface area contributed by atoms with E-state index in [4.69, 9.17) is 0 Å². The zero-order chi connectivity index (χ0) is 20.7. The van der Waals surface area contributed by atoms with Crippen LogP contribution in [0.5, 0.6) is 0 Å². The second-order valence-electron chi connectivity index (χ2n) is 8.56. The molecule has 0 aliphatic carbocycles. The topological polar surface area (TPSA) is 76.2 Å². The number of piperidine rings is 2. The van der Waals surface area contributed by atoms with Gasteiger partial charge in [-0.1, -0.05) is 13.3 Å². The van der Waals surface area contributed by atoms with Crippen LogP contribution in [0.3, 0.4) is 0 Å². The minimum Gasteiger partial charge on any atom is -0.356 e. The maximum Gasteiger partial charge on any atom is 0.281 e. The first-order chi connectivity index (χ1) is 14.0. The van der Waals surface area contributed by atoms with Crippen LogP contribution >= 0.6 is 0 Å². The molecular formula is C20H39N5O3S. The normalized spacial score (nSPS) is 24.6. The number of rotatable bonds is 8. The second-order valence-corrected chi connectivity index (χ2v) is 10.5. The van der Waals surface area contributed by atoms with Crippen molar-refractivity contribution in [3.63, 3.8) is 0 Å². The van der Waals surface area contributed by atoms with E-state index in [0.717, 1.165) is 65.0 Å². The number of nitrogens with one attached hydrogen (secondary N) is 1. The van der Waals surface area contributed by atoms with E-state index in [9.17, 15) is 13.2 Å². The molecule has 29 heavy (non-hydrogen) atoms. The van der Waals surface area contributed by atoms with Gasteiger partial charge >= 0.3 is 0 Å². The molecule has 3 aliphatic heterocycles. The Morgan fingerprint density at radius 2 is 1.45 bits per heavy atom. The molecule has 1 N–H and O–H groups in total. The summed E-state index contributed by atoms with van der Waals surface area (Å²) in [5, 5.41) is 3.07. The van der Waals surface area contributed by atoms with Crippen molar-refractivity contribution < 1.29 is 13.2 Å². The van der Waals surface area contributed by atoms with Crippen molar-refractivity contribution in [2.45, 2.75) is 45.4 Å². The van der Waals surface area contributed by atoms with Gasteiger partial charge in [-0.3, -0.25) is 4.79 Å². The van der Waals surface area contributed by atoms with Crippen molar-refractivity contribution >= 4 is 16.1 Å². The van der Waals surface area contributed by atoms with Gasteiger partial charge in [-0.2, -0.15) is 17.0 Å². The summed E-state index contributed by atoms with van der Waals surface area (Å²) < 4.78 is 28.7. The number of nitrogens with zero attached hydrogens (tertiary/aromatic N) is 4. The number of likely N-dealkylation sites (N-methyl/N-ethyl adjacent to an activating group) is 1. The third-order valence-corrected chi connectivity index (χ3v) is 8.69. The SMILES string of the molecule is CCN1CCN(CCCNC(=O)C2CCN(S(=O)(=O)N3CCCCC3)CC2)CC1. The minimum atomic E-state index is -3.35. The lowest BCUT2D eigenvalue weighted by Gasteiger charge is -2.36. The molecule has 0 aromatic rings. The van der Waals surface area contributed by atoms with Gasteiger partial charge in [0.15, 0.2) is 0 Å². The molecule has 3 saturated heterocycles. The Balaban J connectivity index is 1.32. The van der Waals surface area contributed by atoms with Crippen molar-refractivity contribution in [1.29, 1.82) is 0 Å². The highest BCUT2D eigenvalue weighted by Crippen LogP contribution is 2.23. The number of hydrogen-bond acceptors (Lipinski definition) is 5. The predicted octanol–water partition coefficient (Wildman–Crippen LogP) is 0.573. The summed E-state index contributed by atoms with van der Waals surface area (Å²) >= 11 is 0. The van der Waals surface area contributed by atoms with E-state index in [1.165, 1.54) is 0 Å². The Bertz CT molecular complexity index is 608. The number of hydrogen-bond donors (Lipinski definition) is 1. The molecule has 9 heteroatoms. The van der Waals surface area contributed by atoms with Crippen LogP contribution in [0.25, 0.3) is 0 Å². The largest absolute Gasteiger partial charge is 0.356 e. The Morgan fingerprint density at radius 3 is 2.07 bits per heavy atom. The van der Waals surface area contributed by atoms with Crippen molar-refractivity contribution in [1.82, 2.24) is 23.7 Å². The molecule has 3 aliphatic rings. The maximum absolute atomic E-state index is 12.8. The van der Waals surface area contributed by atoms with Gasteiger partial charge in [-0.15, -0.1) is 0 Å². The number of carbonyl (C=O) groups excluding carboxylic acids is 1. The van der Waals surface area contributed by atoms with Crippen LogP contribution in [-0.2, 0) is 15.0 Å². The predicted molar refractivity (Wildman–Crippen MR) is 115 cm³/mol. The molecule has 0 radical (unpaired) electrons. The highest BCUT2D eigenvalue weighted by Gasteiger charge is 2.35. The van der Waals surface area contributed by atoms with Gasteiger partial charge in [0.25, 0.3) is 10.2 Å². The van der Waals surface area contributed by atoms with E-state index in [1.807, 2.05) is 0 Å². The molecule has 0 saturated carbocycles. The zero-order valence-corrected chi connectivity index (χ0v) is 18.8. The lowest BCUT2D eigenvalue weighted by molar-refractivity contribution is -0.126. The molecule has 3 heterocycles. The Hall–Kier alpha value is -0.740. The fourth-order valence-electron chi connectivity index (χ4n) is 4.60. The van der Waals surface area contributed by atoms with Crippen LogP contribution in [-0.4, -0.2) is 105 Å². The minimum absolute atomic E-state index is 0.0593. The fraction of sp³-hybridized carbons (Fsp3) is 0.950. The highest BCUT2D eigenvalue weighted by molar-refractivity contribution is 7.86. The molecule has 0 aromatic heterocycles. The van der Waals surface area contributed by atoms with Crippen LogP contribution in [0.15, 0.2) is 0 Å². The zero-order valence-electron chi connectivity index (χ0n) is 18.0. The molecule has 3 fully saturated rings. The standard InChI is InChI=1S/C20H39N5O3S/c1-2-22-15-17-23(18-16-22)10-6-9-21-20(26)19-7-13-25(14-8-19)29(27,28)24-11-4-3-5-12-24/h19H,2-18H2,1H3,(H,21,26). The molecule has 1 amide bonds. The van der Waals surface area contributed by atoms with Gasteiger partial charge in [0.2, 0.25) is 5.91 Å². The van der Waals surface area contributed by atoms with E-state index in [2.05, 4.69) is 22.0 Å². The average Bonchev–Trinajstić information content (AvgIpc) is 2.77. The van der Waals surface area contributed by atoms with E-state index in [-0.39, 0.29) is 11.8 Å².